The smallest absolute Gasteiger partial charge is 0.260 e. The van der Waals surface area contributed by atoms with Crippen molar-refractivity contribution >= 4 is 32.6 Å². The first-order valence-corrected chi connectivity index (χ1v) is 12.7. The summed E-state index contributed by atoms with van der Waals surface area (Å²) in [5, 5.41) is 0.708. The summed E-state index contributed by atoms with van der Waals surface area (Å²) in [6, 6.07) is 24.1. The Morgan fingerprint density at radius 3 is 2.51 bits per heavy atom. The maximum absolute atomic E-state index is 13.7. The summed E-state index contributed by atoms with van der Waals surface area (Å²) in [5.41, 5.74) is 3.97. The van der Waals surface area contributed by atoms with Crippen molar-refractivity contribution < 1.29 is 14.3 Å². The molecule has 0 radical (unpaired) electrons. The van der Waals surface area contributed by atoms with Crippen LogP contribution in [0.5, 0.6) is 5.75 Å². The number of fused-ring (bicyclic) bond motifs is 1. The Hall–Kier alpha value is -3.26. The van der Waals surface area contributed by atoms with Gasteiger partial charge in [0.25, 0.3) is 5.91 Å². The van der Waals surface area contributed by atoms with Crippen molar-refractivity contribution in [3.63, 3.8) is 0 Å². The molecule has 0 aliphatic carbocycles. The van der Waals surface area contributed by atoms with Crippen LogP contribution in [-0.2, 0) is 11.2 Å². The molecule has 1 amide bonds. The Kier molecular flexibility index (Phi) is 7.37. The normalized spacial score (nSPS) is 14.2. The fourth-order valence-electron chi connectivity index (χ4n) is 4.24. The van der Waals surface area contributed by atoms with E-state index in [1.54, 1.807) is 7.11 Å². The molecule has 0 spiro atoms. The van der Waals surface area contributed by atoms with E-state index in [0.717, 1.165) is 55.2 Å². The standard InChI is InChI=1S/C28H29N3O3S/c1-33-24-11-12-25-26(20-24)35-28(29-25)31(14-13-30-15-17-34-18-16-30)27(32)23-9-7-22(8-10-23)19-21-5-3-2-4-6-21/h2-12,20H,13-19H2,1H3. The number of carbonyl (C=O) groups excluding carboxylic acids is 1. The number of aromatic nitrogens is 1. The number of nitrogens with zero attached hydrogens (tertiary/aromatic N) is 3. The van der Waals surface area contributed by atoms with E-state index in [-0.39, 0.29) is 5.91 Å². The van der Waals surface area contributed by atoms with Crippen molar-refractivity contribution in [1.29, 1.82) is 0 Å². The second-order valence-electron chi connectivity index (χ2n) is 8.60. The van der Waals surface area contributed by atoms with E-state index in [4.69, 9.17) is 14.5 Å². The molecule has 5 rings (SSSR count). The zero-order valence-corrected chi connectivity index (χ0v) is 20.7. The topological polar surface area (TPSA) is 54.9 Å². The summed E-state index contributed by atoms with van der Waals surface area (Å²) in [6.07, 6.45) is 0.843. The highest BCUT2D eigenvalue weighted by atomic mass is 32.1. The number of amides is 1. The highest BCUT2D eigenvalue weighted by Crippen LogP contribution is 2.32. The first kappa shape index (κ1) is 23.5. The fraction of sp³-hybridized carbons (Fsp3) is 0.286. The second-order valence-corrected chi connectivity index (χ2v) is 9.61. The molecule has 6 nitrogen and oxygen atoms in total. The third-order valence-corrected chi connectivity index (χ3v) is 7.30. The van der Waals surface area contributed by atoms with E-state index in [2.05, 4.69) is 17.0 Å². The maximum atomic E-state index is 13.7. The molecule has 0 N–H and O–H groups in total. The minimum Gasteiger partial charge on any atom is -0.497 e. The van der Waals surface area contributed by atoms with Gasteiger partial charge in [0, 0.05) is 31.7 Å². The molecular formula is C28H29N3O3S. The molecule has 0 atom stereocenters. The Bertz CT molecular complexity index is 1270. The summed E-state index contributed by atoms with van der Waals surface area (Å²) in [7, 11) is 1.66. The average Bonchev–Trinajstić information content (AvgIpc) is 3.33. The highest BCUT2D eigenvalue weighted by Gasteiger charge is 2.23. The molecule has 180 valence electrons. The summed E-state index contributed by atoms with van der Waals surface area (Å²) in [6.45, 7) is 4.58. The molecule has 1 aliphatic heterocycles. The van der Waals surface area contributed by atoms with Crippen LogP contribution >= 0.6 is 11.3 Å². The van der Waals surface area contributed by atoms with Gasteiger partial charge >= 0.3 is 0 Å². The first-order chi connectivity index (χ1) is 17.2. The SMILES string of the molecule is COc1ccc2nc(N(CCN3CCOCC3)C(=O)c3ccc(Cc4ccccc4)cc3)sc2c1. The number of morpholine rings is 1. The van der Waals surface area contributed by atoms with E-state index in [9.17, 15) is 4.79 Å². The number of thiazole rings is 1. The van der Waals surface area contributed by atoms with Crippen LogP contribution in [0.25, 0.3) is 10.2 Å². The van der Waals surface area contributed by atoms with Crippen LogP contribution in [0.4, 0.5) is 5.13 Å². The largest absolute Gasteiger partial charge is 0.497 e. The van der Waals surface area contributed by atoms with Crippen molar-refractivity contribution in [1.82, 2.24) is 9.88 Å². The molecule has 4 aromatic rings. The van der Waals surface area contributed by atoms with Crippen molar-refractivity contribution in [2.45, 2.75) is 6.42 Å². The number of carbonyl (C=O) groups is 1. The van der Waals surface area contributed by atoms with Gasteiger partial charge in [0.1, 0.15) is 5.75 Å². The second kappa shape index (κ2) is 11.0. The molecule has 1 fully saturated rings. The summed E-state index contributed by atoms with van der Waals surface area (Å²) in [4.78, 5) is 22.7. The molecule has 35 heavy (non-hydrogen) atoms. The third-order valence-electron chi connectivity index (χ3n) is 6.26. The summed E-state index contributed by atoms with van der Waals surface area (Å²) >= 11 is 1.52. The predicted molar refractivity (Wildman–Crippen MR) is 141 cm³/mol. The quantitative estimate of drug-likeness (QED) is 0.355. The van der Waals surface area contributed by atoms with Gasteiger partial charge in [0.05, 0.1) is 30.5 Å². The van der Waals surface area contributed by atoms with E-state index in [1.807, 2.05) is 65.6 Å². The van der Waals surface area contributed by atoms with E-state index in [0.29, 0.717) is 17.2 Å². The van der Waals surface area contributed by atoms with Gasteiger partial charge in [-0.25, -0.2) is 4.98 Å². The van der Waals surface area contributed by atoms with Gasteiger partial charge in [-0.15, -0.1) is 0 Å². The van der Waals surface area contributed by atoms with E-state index < -0.39 is 0 Å². The van der Waals surface area contributed by atoms with Crippen LogP contribution < -0.4 is 9.64 Å². The van der Waals surface area contributed by atoms with Crippen LogP contribution in [0.2, 0.25) is 0 Å². The number of hydrogen-bond acceptors (Lipinski definition) is 6. The minimum absolute atomic E-state index is 0.0319. The third kappa shape index (κ3) is 5.70. The van der Waals surface area contributed by atoms with Gasteiger partial charge in [-0.2, -0.15) is 0 Å². The number of ether oxygens (including phenoxy) is 2. The molecule has 3 aromatic carbocycles. The lowest BCUT2D eigenvalue weighted by Gasteiger charge is -2.29. The molecule has 2 heterocycles. The van der Waals surface area contributed by atoms with Crippen LogP contribution in [0.1, 0.15) is 21.5 Å². The van der Waals surface area contributed by atoms with Gasteiger partial charge in [-0.1, -0.05) is 53.8 Å². The Morgan fingerprint density at radius 2 is 1.77 bits per heavy atom. The zero-order valence-electron chi connectivity index (χ0n) is 19.9. The number of rotatable bonds is 8. The Balaban J connectivity index is 1.38. The van der Waals surface area contributed by atoms with Crippen molar-refractivity contribution in [3.8, 4) is 5.75 Å². The predicted octanol–water partition coefficient (Wildman–Crippen LogP) is 4.87. The van der Waals surface area contributed by atoms with Gasteiger partial charge in [0.15, 0.2) is 5.13 Å². The monoisotopic (exact) mass is 487 g/mol. The molecule has 1 saturated heterocycles. The lowest BCUT2D eigenvalue weighted by molar-refractivity contribution is 0.0391. The minimum atomic E-state index is -0.0319. The van der Waals surface area contributed by atoms with E-state index >= 15 is 0 Å². The number of methoxy groups -OCH3 is 1. The molecule has 1 aromatic heterocycles. The highest BCUT2D eigenvalue weighted by molar-refractivity contribution is 7.22. The molecule has 7 heteroatoms. The summed E-state index contributed by atoms with van der Waals surface area (Å²) in [5.74, 6) is 0.753. The average molecular weight is 488 g/mol. The van der Waals surface area contributed by atoms with Crippen LogP contribution in [0, 0.1) is 0 Å². The summed E-state index contributed by atoms with van der Waals surface area (Å²) < 4.78 is 11.8. The van der Waals surface area contributed by atoms with Crippen molar-refractivity contribution in [2.24, 2.45) is 0 Å². The van der Waals surface area contributed by atoms with Gasteiger partial charge in [-0.05, 0) is 47.9 Å². The lowest BCUT2D eigenvalue weighted by Crippen LogP contribution is -2.43. The van der Waals surface area contributed by atoms with Gasteiger partial charge in [0.2, 0.25) is 0 Å². The van der Waals surface area contributed by atoms with Crippen LogP contribution in [-0.4, -0.2) is 62.3 Å². The van der Waals surface area contributed by atoms with Crippen molar-refractivity contribution in [2.75, 3.05) is 51.4 Å². The molecule has 1 aliphatic rings. The first-order valence-electron chi connectivity index (χ1n) is 11.9. The maximum Gasteiger partial charge on any atom is 0.260 e. The number of anilines is 1. The number of benzene rings is 3. The van der Waals surface area contributed by atoms with Gasteiger partial charge in [-0.3, -0.25) is 14.6 Å². The van der Waals surface area contributed by atoms with Gasteiger partial charge < -0.3 is 9.47 Å². The molecular weight excluding hydrogens is 458 g/mol. The lowest BCUT2D eigenvalue weighted by atomic mass is 10.0. The zero-order chi connectivity index (χ0) is 24.0. The molecule has 0 saturated carbocycles. The molecule has 0 bridgehead atoms. The number of hydrogen-bond donors (Lipinski definition) is 0. The Morgan fingerprint density at radius 1 is 1.03 bits per heavy atom. The van der Waals surface area contributed by atoms with Crippen molar-refractivity contribution in [3.05, 3.63) is 89.5 Å². The van der Waals surface area contributed by atoms with E-state index in [1.165, 1.54) is 22.5 Å². The van der Waals surface area contributed by atoms with Crippen LogP contribution in [0.3, 0.4) is 0 Å². The van der Waals surface area contributed by atoms with Crippen LogP contribution in [0.15, 0.2) is 72.8 Å². The molecule has 0 unspecified atom stereocenters. The Labute approximate surface area is 209 Å². The fourth-order valence-corrected chi connectivity index (χ4v) is 5.26.